The van der Waals surface area contributed by atoms with Crippen molar-refractivity contribution in [1.82, 2.24) is 0 Å². The van der Waals surface area contributed by atoms with Crippen molar-refractivity contribution in [1.29, 1.82) is 0 Å². The molecule has 2 aliphatic rings. The quantitative estimate of drug-likeness (QED) is 0.246. The Morgan fingerprint density at radius 3 is 2.23 bits per heavy atom. The monoisotopic (exact) mass is 327 g/mol. The van der Waals surface area contributed by atoms with Crippen molar-refractivity contribution in [2.75, 3.05) is 13.2 Å². The van der Waals surface area contributed by atoms with Gasteiger partial charge in [0.25, 0.3) is 0 Å². The number of hydrogen-bond acceptors (Lipinski definition) is 11. The lowest BCUT2D eigenvalue weighted by Gasteiger charge is -2.43. The fourth-order valence-corrected chi connectivity index (χ4v) is 2.39. The van der Waals surface area contributed by atoms with Crippen LogP contribution in [0.25, 0.3) is 0 Å². The molecule has 2 saturated heterocycles. The van der Waals surface area contributed by atoms with E-state index in [1.165, 1.54) is 0 Å². The summed E-state index contributed by atoms with van der Waals surface area (Å²) in [6, 6.07) is 0. The predicted octanol–water partition coefficient (Wildman–Crippen LogP) is -4.86. The Morgan fingerprint density at radius 2 is 1.64 bits per heavy atom. The van der Waals surface area contributed by atoms with Crippen LogP contribution in [0.4, 0.5) is 0 Å². The molecule has 0 aromatic carbocycles. The summed E-state index contributed by atoms with van der Waals surface area (Å²) in [7, 11) is 0. The number of aliphatic hydroxyl groups excluding tert-OH is 6. The van der Waals surface area contributed by atoms with Gasteiger partial charge in [-0.2, -0.15) is 0 Å². The Balaban J connectivity index is 2.07. The number of aliphatic hydroxyl groups is 6. The van der Waals surface area contributed by atoms with Gasteiger partial charge in [0.15, 0.2) is 6.29 Å². The summed E-state index contributed by atoms with van der Waals surface area (Å²) in [6.07, 6.45) is -12.8. The van der Waals surface area contributed by atoms with Crippen LogP contribution in [-0.4, -0.2) is 99.2 Å². The highest BCUT2D eigenvalue weighted by Crippen LogP contribution is 2.26. The van der Waals surface area contributed by atoms with E-state index in [9.17, 15) is 25.5 Å². The van der Waals surface area contributed by atoms with Crippen LogP contribution < -0.4 is 5.90 Å². The molecule has 2 rings (SSSR count). The summed E-state index contributed by atoms with van der Waals surface area (Å²) in [5, 5.41) is 58.0. The number of ether oxygens (including phenoxy) is 3. The summed E-state index contributed by atoms with van der Waals surface area (Å²) >= 11 is 0. The molecule has 2 aliphatic heterocycles. The summed E-state index contributed by atoms with van der Waals surface area (Å²) in [5.74, 6) is 4.94. The molecule has 0 unspecified atom stereocenters. The number of nitrogens with two attached hydrogens (primary N) is 1. The third kappa shape index (κ3) is 3.39. The van der Waals surface area contributed by atoms with Gasteiger partial charge >= 0.3 is 0 Å². The van der Waals surface area contributed by atoms with E-state index in [0.29, 0.717) is 0 Å². The molecule has 0 aliphatic carbocycles. The predicted molar refractivity (Wildman–Crippen MR) is 65.7 cm³/mol. The molecule has 130 valence electrons. The SMILES string of the molecule is NO[C@@H]1OC[C@H](O)[C@H](O[C@@H]2O[C@H](CO)[C@H](O)[C@H](O)[C@H]2O)[C@H]1O. The third-order valence-corrected chi connectivity index (χ3v) is 3.70. The van der Waals surface area contributed by atoms with Crippen molar-refractivity contribution < 1.29 is 49.7 Å². The van der Waals surface area contributed by atoms with Gasteiger partial charge in [-0.25, -0.2) is 5.90 Å². The van der Waals surface area contributed by atoms with Gasteiger partial charge in [-0.3, -0.25) is 4.84 Å². The topological polar surface area (TPSA) is 184 Å². The molecule has 0 aromatic heterocycles. The maximum atomic E-state index is 9.94. The summed E-state index contributed by atoms with van der Waals surface area (Å²) in [4.78, 5) is 4.38. The second-order valence-electron chi connectivity index (χ2n) is 5.19. The molecule has 11 heteroatoms. The largest absolute Gasteiger partial charge is 0.394 e. The zero-order valence-electron chi connectivity index (χ0n) is 11.5. The van der Waals surface area contributed by atoms with E-state index >= 15 is 0 Å². The molecule has 0 aromatic rings. The van der Waals surface area contributed by atoms with Gasteiger partial charge < -0.3 is 44.8 Å². The van der Waals surface area contributed by atoms with E-state index in [4.69, 9.17) is 25.2 Å². The fraction of sp³-hybridized carbons (Fsp3) is 1.00. The van der Waals surface area contributed by atoms with Gasteiger partial charge in [-0.05, 0) is 0 Å². The van der Waals surface area contributed by atoms with Gasteiger partial charge in [0.1, 0.15) is 42.7 Å². The molecule has 0 radical (unpaired) electrons. The lowest BCUT2D eigenvalue weighted by atomic mass is 9.98. The van der Waals surface area contributed by atoms with Gasteiger partial charge in [0.05, 0.1) is 13.2 Å². The smallest absolute Gasteiger partial charge is 0.205 e. The summed E-state index contributed by atoms with van der Waals surface area (Å²) in [5.41, 5.74) is 0. The Morgan fingerprint density at radius 1 is 0.955 bits per heavy atom. The molecule has 8 N–H and O–H groups in total. The minimum absolute atomic E-state index is 0.249. The van der Waals surface area contributed by atoms with Crippen LogP contribution in [0.2, 0.25) is 0 Å². The molecule has 0 amide bonds. The Labute approximate surface area is 125 Å². The maximum Gasteiger partial charge on any atom is 0.205 e. The van der Waals surface area contributed by atoms with Crippen LogP contribution in [0, 0.1) is 0 Å². The van der Waals surface area contributed by atoms with Crippen LogP contribution in [0.1, 0.15) is 0 Å². The molecule has 2 heterocycles. The molecule has 9 atom stereocenters. The van der Waals surface area contributed by atoms with Gasteiger partial charge in [-0.15, -0.1) is 0 Å². The van der Waals surface area contributed by atoms with Gasteiger partial charge in [0, 0.05) is 0 Å². The lowest BCUT2D eigenvalue weighted by Crippen LogP contribution is -2.63. The first kappa shape index (κ1) is 17.9. The third-order valence-electron chi connectivity index (χ3n) is 3.70. The van der Waals surface area contributed by atoms with Crippen molar-refractivity contribution in [3.63, 3.8) is 0 Å². The zero-order chi connectivity index (χ0) is 16.4. The van der Waals surface area contributed by atoms with Crippen LogP contribution in [0.3, 0.4) is 0 Å². The standard InChI is InChI=1S/C11H21NO10/c12-22-10-8(18)9(3(14)2-19-10)21-11-7(17)6(16)5(15)4(1-13)20-11/h3-11,13-18H,1-2,12H2/t3-,4+,5-,6-,7+,8+,9-,10-,11-/m0/s1. The van der Waals surface area contributed by atoms with E-state index in [-0.39, 0.29) is 6.61 Å². The lowest BCUT2D eigenvalue weighted by molar-refractivity contribution is -0.349. The highest BCUT2D eigenvalue weighted by atomic mass is 16.8. The average Bonchev–Trinajstić information content (AvgIpc) is 2.51. The molecule has 22 heavy (non-hydrogen) atoms. The average molecular weight is 327 g/mol. The maximum absolute atomic E-state index is 9.94. The minimum atomic E-state index is -1.66. The molecule has 0 spiro atoms. The molecular weight excluding hydrogens is 306 g/mol. The van der Waals surface area contributed by atoms with Crippen LogP contribution in [0.15, 0.2) is 0 Å². The molecule has 2 fully saturated rings. The van der Waals surface area contributed by atoms with Crippen LogP contribution >= 0.6 is 0 Å². The molecule has 11 nitrogen and oxygen atoms in total. The zero-order valence-corrected chi connectivity index (χ0v) is 11.5. The highest BCUT2D eigenvalue weighted by Gasteiger charge is 2.48. The van der Waals surface area contributed by atoms with E-state index in [2.05, 4.69) is 4.84 Å². The van der Waals surface area contributed by atoms with Crippen molar-refractivity contribution in [2.45, 2.75) is 55.3 Å². The molecule has 0 bridgehead atoms. The fourth-order valence-electron chi connectivity index (χ4n) is 2.39. The summed E-state index contributed by atoms with van der Waals surface area (Å²) in [6.45, 7) is -0.876. The van der Waals surface area contributed by atoms with E-state index in [1.807, 2.05) is 0 Å². The van der Waals surface area contributed by atoms with Crippen molar-refractivity contribution in [3.05, 3.63) is 0 Å². The van der Waals surface area contributed by atoms with Gasteiger partial charge in [-0.1, -0.05) is 0 Å². The van der Waals surface area contributed by atoms with Crippen LogP contribution in [0.5, 0.6) is 0 Å². The van der Waals surface area contributed by atoms with Gasteiger partial charge in [0.2, 0.25) is 6.29 Å². The number of hydrogen-bond donors (Lipinski definition) is 7. The van der Waals surface area contributed by atoms with Crippen molar-refractivity contribution in [2.24, 2.45) is 5.90 Å². The van der Waals surface area contributed by atoms with E-state index < -0.39 is 61.9 Å². The first-order valence-corrected chi connectivity index (χ1v) is 6.70. The number of rotatable bonds is 4. The molecule has 0 saturated carbocycles. The highest BCUT2D eigenvalue weighted by molar-refractivity contribution is 4.91. The Bertz CT molecular complexity index is 358. The van der Waals surface area contributed by atoms with E-state index in [1.54, 1.807) is 0 Å². The molecular formula is C11H21NO10. The normalized spacial score (nSPS) is 50.0. The van der Waals surface area contributed by atoms with E-state index in [0.717, 1.165) is 0 Å². The van der Waals surface area contributed by atoms with Crippen LogP contribution in [-0.2, 0) is 19.0 Å². The second-order valence-corrected chi connectivity index (χ2v) is 5.19. The first-order chi connectivity index (χ1) is 10.4. The summed E-state index contributed by atoms with van der Waals surface area (Å²) < 4.78 is 15.3. The van der Waals surface area contributed by atoms with Crippen molar-refractivity contribution in [3.8, 4) is 0 Å². The Hall–Kier alpha value is -0.440. The first-order valence-electron chi connectivity index (χ1n) is 6.70. The minimum Gasteiger partial charge on any atom is -0.394 e. The van der Waals surface area contributed by atoms with Crippen molar-refractivity contribution >= 4 is 0 Å². The Kier molecular flexibility index (Phi) is 6.04. The second kappa shape index (κ2) is 7.42.